The van der Waals surface area contributed by atoms with Crippen molar-refractivity contribution in [3.63, 3.8) is 0 Å². The molecule has 2 fully saturated rings. The standard InChI is InChI=1S/C26H33N3O/c1-19(15-20-5-3-2-4-6-20)24-16-25(24)28-17-21-11-13-29(14-12-21)18-22-7-9-23(10-8-22)26(27)30/h2-10,15,21,24-25,28H,11-14,16-18H2,1H3,(H2,27,30)/b19-15+. The summed E-state index contributed by atoms with van der Waals surface area (Å²) in [5.41, 5.74) is 9.95. The lowest BCUT2D eigenvalue weighted by atomic mass is 9.96. The number of nitrogens with two attached hydrogens (primary N) is 1. The monoisotopic (exact) mass is 403 g/mol. The Morgan fingerprint density at radius 2 is 1.80 bits per heavy atom. The van der Waals surface area contributed by atoms with Gasteiger partial charge < -0.3 is 11.1 Å². The highest BCUT2D eigenvalue weighted by molar-refractivity contribution is 5.92. The van der Waals surface area contributed by atoms with Crippen LogP contribution in [0.1, 0.15) is 47.7 Å². The number of carbonyl (C=O) groups excluding carboxylic acids is 1. The maximum Gasteiger partial charge on any atom is 0.248 e. The number of amides is 1. The number of rotatable bonds is 8. The van der Waals surface area contributed by atoms with E-state index in [1.165, 1.54) is 36.0 Å². The Hall–Kier alpha value is -2.43. The maximum atomic E-state index is 11.2. The minimum Gasteiger partial charge on any atom is -0.366 e. The third-order valence-corrected chi connectivity index (χ3v) is 6.59. The second-order valence-corrected chi connectivity index (χ2v) is 8.94. The molecule has 3 N–H and O–H groups in total. The zero-order valence-electron chi connectivity index (χ0n) is 17.9. The predicted molar refractivity (Wildman–Crippen MR) is 123 cm³/mol. The molecule has 1 saturated carbocycles. The summed E-state index contributed by atoms with van der Waals surface area (Å²) in [4.78, 5) is 13.7. The van der Waals surface area contributed by atoms with Crippen molar-refractivity contribution in [2.24, 2.45) is 17.6 Å². The number of nitrogens with one attached hydrogen (secondary N) is 1. The minimum atomic E-state index is -0.362. The lowest BCUT2D eigenvalue weighted by Gasteiger charge is -2.32. The van der Waals surface area contributed by atoms with Gasteiger partial charge in [0.15, 0.2) is 0 Å². The Morgan fingerprint density at radius 1 is 1.10 bits per heavy atom. The molecule has 2 atom stereocenters. The van der Waals surface area contributed by atoms with E-state index in [2.05, 4.69) is 53.5 Å². The Bertz CT molecular complexity index is 867. The van der Waals surface area contributed by atoms with Gasteiger partial charge in [-0.1, -0.05) is 54.1 Å². The quantitative estimate of drug-likeness (QED) is 0.698. The van der Waals surface area contributed by atoms with Gasteiger partial charge in [-0.2, -0.15) is 0 Å². The molecule has 4 nitrogen and oxygen atoms in total. The van der Waals surface area contributed by atoms with Gasteiger partial charge in [0.25, 0.3) is 0 Å². The van der Waals surface area contributed by atoms with Crippen LogP contribution in [0.5, 0.6) is 0 Å². The van der Waals surface area contributed by atoms with Crippen LogP contribution >= 0.6 is 0 Å². The van der Waals surface area contributed by atoms with Crippen molar-refractivity contribution in [3.8, 4) is 0 Å². The van der Waals surface area contributed by atoms with Crippen molar-refractivity contribution >= 4 is 12.0 Å². The highest BCUT2D eigenvalue weighted by Gasteiger charge is 2.38. The zero-order chi connectivity index (χ0) is 20.9. The molecule has 2 aromatic rings. The third kappa shape index (κ3) is 5.59. The van der Waals surface area contributed by atoms with Gasteiger partial charge in [0.05, 0.1) is 0 Å². The van der Waals surface area contributed by atoms with E-state index < -0.39 is 0 Å². The van der Waals surface area contributed by atoms with Crippen molar-refractivity contribution in [2.45, 2.75) is 38.8 Å². The first-order chi connectivity index (χ1) is 14.6. The molecule has 1 aliphatic carbocycles. The van der Waals surface area contributed by atoms with E-state index in [1.807, 2.05) is 24.3 Å². The third-order valence-electron chi connectivity index (χ3n) is 6.59. The average Bonchev–Trinajstić information content (AvgIpc) is 3.54. The molecule has 1 heterocycles. The summed E-state index contributed by atoms with van der Waals surface area (Å²) < 4.78 is 0. The maximum absolute atomic E-state index is 11.2. The SMILES string of the molecule is C/C(=C\c1ccccc1)C1CC1NCC1CCN(Cc2ccc(C(N)=O)cc2)CC1. The summed E-state index contributed by atoms with van der Waals surface area (Å²) in [5.74, 6) is 1.12. The first-order valence-electron chi connectivity index (χ1n) is 11.2. The summed E-state index contributed by atoms with van der Waals surface area (Å²) in [6.07, 6.45) is 6.11. The first-order valence-corrected chi connectivity index (χ1v) is 11.2. The summed E-state index contributed by atoms with van der Waals surface area (Å²) in [6, 6.07) is 19.0. The van der Waals surface area contributed by atoms with Gasteiger partial charge in [0.2, 0.25) is 5.91 Å². The average molecular weight is 404 g/mol. The summed E-state index contributed by atoms with van der Waals surface area (Å²) in [5, 5.41) is 3.82. The molecule has 2 aliphatic rings. The number of hydrogen-bond donors (Lipinski definition) is 2. The molecule has 4 rings (SSSR count). The highest BCUT2D eigenvalue weighted by Crippen LogP contribution is 2.38. The van der Waals surface area contributed by atoms with Gasteiger partial charge in [-0.25, -0.2) is 0 Å². The minimum absolute atomic E-state index is 0.362. The van der Waals surface area contributed by atoms with Crippen LogP contribution in [0, 0.1) is 11.8 Å². The van der Waals surface area contributed by atoms with Gasteiger partial charge in [-0.15, -0.1) is 0 Å². The number of piperidine rings is 1. The summed E-state index contributed by atoms with van der Waals surface area (Å²) in [6.45, 7) is 6.65. The zero-order valence-corrected chi connectivity index (χ0v) is 17.9. The van der Waals surface area contributed by atoms with Gasteiger partial charge in [-0.05, 0) is 80.9 Å². The van der Waals surface area contributed by atoms with Crippen molar-refractivity contribution in [3.05, 3.63) is 76.9 Å². The van der Waals surface area contributed by atoms with E-state index in [1.54, 1.807) is 0 Å². The molecular formula is C26H33N3O. The molecule has 4 heteroatoms. The molecule has 0 aromatic heterocycles. The predicted octanol–water partition coefficient (Wildman–Crippen LogP) is 4.08. The fourth-order valence-corrected chi connectivity index (χ4v) is 4.54. The number of likely N-dealkylation sites (tertiary alicyclic amines) is 1. The van der Waals surface area contributed by atoms with E-state index in [9.17, 15) is 4.79 Å². The lowest BCUT2D eigenvalue weighted by molar-refractivity contribution is 0.1000. The smallest absolute Gasteiger partial charge is 0.248 e. The van der Waals surface area contributed by atoms with Crippen LogP contribution in [-0.4, -0.2) is 36.5 Å². The number of benzene rings is 2. The van der Waals surface area contributed by atoms with Gasteiger partial charge in [-0.3, -0.25) is 9.69 Å². The molecule has 0 spiro atoms. The normalized spacial score (nSPS) is 22.8. The molecule has 0 bridgehead atoms. The van der Waals surface area contributed by atoms with E-state index in [0.29, 0.717) is 17.5 Å². The fourth-order valence-electron chi connectivity index (χ4n) is 4.54. The van der Waals surface area contributed by atoms with Crippen LogP contribution in [0.2, 0.25) is 0 Å². The lowest BCUT2D eigenvalue weighted by Crippen LogP contribution is -2.37. The van der Waals surface area contributed by atoms with Crippen molar-refractivity contribution in [1.82, 2.24) is 10.2 Å². The second kappa shape index (κ2) is 9.59. The Balaban J connectivity index is 1.16. The fraction of sp³-hybridized carbons (Fsp3) is 0.423. The van der Waals surface area contributed by atoms with E-state index >= 15 is 0 Å². The van der Waals surface area contributed by atoms with Crippen molar-refractivity contribution in [2.75, 3.05) is 19.6 Å². The van der Waals surface area contributed by atoms with Crippen molar-refractivity contribution in [1.29, 1.82) is 0 Å². The van der Waals surface area contributed by atoms with Crippen molar-refractivity contribution < 1.29 is 4.79 Å². The van der Waals surface area contributed by atoms with E-state index in [4.69, 9.17) is 5.73 Å². The van der Waals surface area contributed by atoms with Crippen LogP contribution in [0.4, 0.5) is 0 Å². The summed E-state index contributed by atoms with van der Waals surface area (Å²) in [7, 11) is 0. The Morgan fingerprint density at radius 3 is 2.47 bits per heavy atom. The number of carbonyl (C=O) groups is 1. The Kier molecular flexibility index (Phi) is 6.66. The van der Waals surface area contributed by atoms with Gasteiger partial charge in [0.1, 0.15) is 0 Å². The Labute approximate surface area is 180 Å². The largest absolute Gasteiger partial charge is 0.366 e. The first kappa shape index (κ1) is 20.8. The van der Waals surface area contributed by atoms with Gasteiger partial charge >= 0.3 is 0 Å². The molecule has 1 aliphatic heterocycles. The van der Waals surface area contributed by atoms with E-state index in [-0.39, 0.29) is 5.91 Å². The number of hydrogen-bond acceptors (Lipinski definition) is 3. The molecular weight excluding hydrogens is 370 g/mol. The summed E-state index contributed by atoms with van der Waals surface area (Å²) >= 11 is 0. The van der Waals surface area contributed by atoms with Gasteiger partial charge in [0, 0.05) is 18.2 Å². The van der Waals surface area contributed by atoms with E-state index in [0.717, 1.165) is 32.1 Å². The second-order valence-electron chi connectivity index (χ2n) is 8.94. The molecule has 1 saturated heterocycles. The molecule has 0 radical (unpaired) electrons. The highest BCUT2D eigenvalue weighted by atomic mass is 16.1. The molecule has 2 aromatic carbocycles. The van der Waals surface area contributed by atoms with Crippen LogP contribution in [0.15, 0.2) is 60.2 Å². The molecule has 30 heavy (non-hydrogen) atoms. The molecule has 2 unspecified atom stereocenters. The van der Waals surface area contributed by atoms with Crippen LogP contribution in [0.25, 0.3) is 6.08 Å². The number of nitrogens with zero attached hydrogens (tertiary/aromatic N) is 1. The molecule has 1 amide bonds. The van der Waals surface area contributed by atoms with Crippen LogP contribution in [0.3, 0.4) is 0 Å². The van der Waals surface area contributed by atoms with Crippen LogP contribution < -0.4 is 11.1 Å². The topological polar surface area (TPSA) is 58.4 Å². The number of primary amides is 1. The molecule has 158 valence electrons. The van der Waals surface area contributed by atoms with Crippen LogP contribution in [-0.2, 0) is 6.54 Å².